The minimum absolute atomic E-state index is 0.438. The van der Waals surface area contributed by atoms with Crippen molar-refractivity contribution >= 4 is 6.09 Å². The van der Waals surface area contributed by atoms with Crippen molar-refractivity contribution < 1.29 is 27.1 Å². The Bertz CT molecular complexity index is 315. The summed E-state index contributed by atoms with van der Waals surface area (Å²) < 4.78 is 55.2. The first-order valence-corrected chi connectivity index (χ1v) is 5.56. The van der Waals surface area contributed by atoms with E-state index in [9.17, 15) is 22.4 Å². The zero-order chi connectivity index (χ0) is 12.7. The molecule has 1 saturated heterocycles. The van der Waals surface area contributed by atoms with E-state index in [1.54, 1.807) is 0 Å². The van der Waals surface area contributed by atoms with Gasteiger partial charge in [-0.15, -0.1) is 0 Å². The molecule has 2 fully saturated rings. The molecule has 0 aromatic heterocycles. The fraction of sp³-hybridized carbons (Fsp3) is 0.900. The van der Waals surface area contributed by atoms with E-state index in [0.717, 1.165) is 19.3 Å². The van der Waals surface area contributed by atoms with E-state index < -0.39 is 30.5 Å². The molecule has 3 nitrogen and oxygen atoms in total. The van der Waals surface area contributed by atoms with Crippen LogP contribution in [0.15, 0.2) is 0 Å². The largest absolute Gasteiger partial charge is 0.439 e. The summed E-state index contributed by atoms with van der Waals surface area (Å²) in [4.78, 5) is 12.7. The van der Waals surface area contributed by atoms with Crippen LogP contribution in [0.5, 0.6) is 0 Å². The highest BCUT2D eigenvalue weighted by Gasteiger charge is 2.74. The number of amides is 1. The van der Waals surface area contributed by atoms with Gasteiger partial charge in [-0.3, -0.25) is 0 Å². The van der Waals surface area contributed by atoms with Gasteiger partial charge in [0.15, 0.2) is 6.10 Å². The zero-order valence-electron chi connectivity index (χ0n) is 9.10. The van der Waals surface area contributed by atoms with Crippen LogP contribution in [0.3, 0.4) is 0 Å². The van der Waals surface area contributed by atoms with E-state index in [-0.39, 0.29) is 0 Å². The number of alkyl halides is 4. The summed E-state index contributed by atoms with van der Waals surface area (Å²) in [6.07, 6.45) is -1.46. The Hall–Kier alpha value is -1.01. The van der Waals surface area contributed by atoms with Crippen LogP contribution in [-0.4, -0.2) is 42.0 Å². The van der Waals surface area contributed by atoms with Gasteiger partial charge in [-0.2, -0.15) is 17.6 Å². The lowest BCUT2D eigenvalue weighted by atomic mass is 9.85. The molecular formula is C10H13F4NO2. The molecule has 0 N–H and O–H groups in total. The molecule has 0 radical (unpaired) electrons. The molecule has 0 spiro atoms. The first kappa shape index (κ1) is 12.4. The smallest absolute Gasteiger partial charge is 0.410 e. The highest BCUT2D eigenvalue weighted by atomic mass is 19.3. The number of likely N-dealkylation sites (tertiary alicyclic amines) is 1. The molecule has 0 aromatic carbocycles. The maximum absolute atomic E-state index is 12.9. The summed E-state index contributed by atoms with van der Waals surface area (Å²) >= 11 is 0. The van der Waals surface area contributed by atoms with Crippen molar-refractivity contribution in [3.63, 3.8) is 0 Å². The predicted molar refractivity (Wildman–Crippen MR) is 50.2 cm³/mol. The van der Waals surface area contributed by atoms with Gasteiger partial charge in [0.2, 0.25) is 0 Å². The Morgan fingerprint density at radius 3 is 2.18 bits per heavy atom. The van der Waals surface area contributed by atoms with E-state index in [0.29, 0.717) is 13.1 Å². The van der Waals surface area contributed by atoms with Crippen molar-refractivity contribution in [2.24, 2.45) is 0 Å². The van der Waals surface area contributed by atoms with E-state index in [2.05, 4.69) is 4.74 Å². The van der Waals surface area contributed by atoms with Gasteiger partial charge in [0.1, 0.15) is 0 Å². The Balaban J connectivity index is 1.88. The summed E-state index contributed by atoms with van der Waals surface area (Å²) in [5.74, 6) is -8.29. The van der Waals surface area contributed by atoms with Crippen LogP contribution in [0.1, 0.15) is 25.7 Å². The normalized spacial score (nSPS) is 30.6. The molecule has 2 rings (SSSR count). The van der Waals surface area contributed by atoms with Crippen molar-refractivity contribution in [3.8, 4) is 0 Å². The van der Waals surface area contributed by atoms with Crippen LogP contribution >= 0.6 is 0 Å². The van der Waals surface area contributed by atoms with Crippen molar-refractivity contribution in [1.82, 2.24) is 4.90 Å². The quantitative estimate of drug-likeness (QED) is 0.674. The Morgan fingerprint density at radius 1 is 1.12 bits per heavy atom. The number of carbonyl (C=O) groups excluding carboxylic acids is 1. The van der Waals surface area contributed by atoms with Gasteiger partial charge in [0.05, 0.1) is 6.42 Å². The first-order valence-electron chi connectivity index (χ1n) is 5.56. The van der Waals surface area contributed by atoms with Crippen LogP contribution < -0.4 is 0 Å². The summed E-state index contributed by atoms with van der Waals surface area (Å²) in [5, 5.41) is 0. The molecule has 17 heavy (non-hydrogen) atoms. The Labute approximate surface area is 95.7 Å². The zero-order valence-corrected chi connectivity index (χ0v) is 9.10. The summed E-state index contributed by atoms with van der Waals surface area (Å²) in [6, 6.07) is 0. The fourth-order valence-corrected chi connectivity index (χ4v) is 1.99. The van der Waals surface area contributed by atoms with Crippen LogP contribution in [0.25, 0.3) is 0 Å². The minimum Gasteiger partial charge on any atom is -0.439 e. The molecule has 2 aliphatic rings. The molecule has 98 valence electrons. The second-order valence-electron chi connectivity index (χ2n) is 4.45. The number of ether oxygens (including phenoxy) is 1. The van der Waals surface area contributed by atoms with Gasteiger partial charge in [0, 0.05) is 13.1 Å². The molecule has 1 unspecified atom stereocenters. The van der Waals surface area contributed by atoms with Gasteiger partial charge in [-0.05, 0) is 19.3 Å². The average Bonchev–Trinajstić information content (AvgIpc) is 2.29. The molecule has 0 bridgehead atoms. The molecule has 1 heterocycles. The van der Waals surface area contributed by atoms with Crippen molar-refractivity contribution in [2.75, 3.05) is 13.1 Å². The monoisotopic (exact) mass is 255 g/mol. The third-order valence-corrected chi connectivity index (χ3v) is 3.19. The average molecular weight is 255 g/mol. The molecule has 0 aromatic rings. The molecule has 1 aliphatic heterocycles. The lowest BCUT2D eigenvalue weighted by molar-refractivity contribution is -0.330. The van der Waals surface area contributed by atoms with Crippen molar-refractivity contribution in [1.29, 1.82) is 0 Å². The third-order valence-electron chi connectivity index (χ3n) is 3.19. The SMILES string of the molecule is O=C(OC1CC(F)(F)C1(F)F)N1CCCCC1. The van der Waals surface area contributed by atoms with Crippen LogP contribution in [-0.2, 0) is 4.74 Å². The van der Waals surface area contributed by atoms with Crippen LogP contribution in [0, 0.1) is 0 Å². The minimum atomic E-state index is -4.24. The molecule has 1 aliphatic carbocycles. The standard InChI is InChI=1S/C10H13F4NO2/c11-9(12)6-7(10(9,13)14)17-8(16)15-4-2-1-3-5-15/h7H,1-6H2. The topological polar surface area (TPSA) is 29.5 Å². The summed E-state index contributed by atoms with van der Waals surface area (Å²) in [6.45, 7) is 0.876. The van der Waals surface area contributed by atoms with Gasteiger partial charge in [0.25, 0.3) is 0 Å². The van der Waals surface area contributed by atoms with E-state index in [1.165, 1.54) is 4.90 Å². The molecule has 1 saturated carbocycles. The second kappa shape index (κ2) is 4.03. The lowest BCUT2D eigenvalue weighted by Crippen LogP contribution is -2.64. The van der Waals surface area contributed by atoms with E-state index in [4.69, 9.17) is 0 Å². The maximum Gasteiger partial charge on any atom is 0.410 e. The Morgan fingerprint density at radius 2 is 1.71 bits per heavy atom. The van der Waals surface area contributed by atoms with Gasteiger partial charge in [-0.25, -0.2) is 4.79 Å². The number of piperidine rings is 1. The van der Waals surface area contributed by atoms with E-state index >= 15 is 0 Å². The maximum atomic E-state index is 12.9. The number of rotatable bonds is 1. The van der Waals surface area contributed by atoms with E-state index in [1.807, 2.05) is 0 Å². The first-order chi connectivity index (χ1) is 7.84. The Kier molecular flexibility index (Phi) is 2.95. The second-order valence-corrected chi connectivity index (χ2v) is 4.45. The molecule has 7 heteroatoms. The third kappa shape index (κ3) is 2.07. The number of carbonyl (C=O) groups is 1. The van der Waals surface area contributed by atoms with Gasteiger partial charge >= 0.3 is 17.9 Å². The number of hydrogen-bond donors (Lipinski definition) is 0. The lowest BCUT2D eigenvalue weighted by Gasteiger charge is -2.43. The summed E-state index contributed by atoms with van der Waals surface area (Å²) in [7, 11) is 0. The fourth-order valence-electron chi connectivity index (χ4n) is 1.99. The number of halogens is 4. The summed E-state index contributed by atoms with van der Waals surface area (Å²) in [5.41, 5.74) is 0. The molecule has 1 atom stereocenters. The molecule has 1 amide bonds. The molecular weight excluding hydrogens is 242 g/mol. The number of hydrogen-bond acceptors (Lipinski definition) is 2. The highest BCUT2D eigenvalue weighted by Crippen LogP contribution is 2.52. The van der Waals surface area contributed by atoms with Gasteiger partial charge in [-0.1, -0.05) is 0 Å². The van der Waals surface area contributed by atoms with Crippen molar-refractivity contribution in [2.45, 2.75) is 43.6 Å². The number of nitrogens with zero attached hydrogens (tertiary/aromatic N) is 1. The highest BCUT2D eigenvalue weighted by molar-refractivity contribution is 5.68. The van der Waals surface area contributed by atoms with Crippen molar-refractivity contribution in [3.05, 3.63) is 0 Å². The van der Waals surface area contributed by atoms with Crippen LogP contribution in [0.4, 0.5) is 22.4 Å². The van der Waals surface area contributed by atoms with Gasteiger partial charge < -0.3 is 9.64 Å². The van der Waals surface area contributed by atoms with Crippen LogP contribution in [0.2, 0.25) is 0 Å². The predicted octanol–water partition coefficient (Wildman–Crippen LogP) is 2.65.